The van der Waals surface area contributed by atoms with Gasteiger partial charge in [0.2, 0.25) is 0 Å². The van der Waals surface area contributed by atoms with Crippen LogP contribution in [0.5, 0.6) is 0 Å². The first-order valence-electron chi connectivity index (χ1n) is 8.77. The van der Waals surface area contributed by atoms with E-state index in [0.717, 1.165) is 39.3 Å². The van der Waals surface area contributed by atoms with Crippen LogP contribution in [0.15, 0.2) is 24.3 Å². The van der Waals surface area contributed by atoms with Crippen LogP contribution in [0.4, 0.5) is 10.5 Å². The van der Waals surface area contributed by atoms with Crippen LogP contribution in [0, 0.1) is 0 Å². The van der Waals surface area contributed by atoms with Gasteiger partial charge in [-0.3, -0.25) is 9.69 Å². The van der Waals surface area contributed by atoms with Crippen molar-refractivity contribution in [3.63, 3.8) is 0 Å². The van der Waals surface area contributed by atoms with Crippen LogP contribution < -0.4 is 5.32 Å². The minimum atomic E-state index is -0.335. The third kappa shape index (κ3) is 7.19. The minimum absolute atomic E-state index is 0.164. The Bertz CT molecular complexity index is 594. The molecule has 0 saturated carbocycles. The second-order valence-electron chi connectivity index (χ2n) is 6.06. The van der Waals surface area contributed by atoms with Crippen molar-refractivity contribution < 1.29 is 19.1 Å². The van der Waals surface area contributed by atoms with Crippen molar-refractivity contribution in [2.75, 3.05) is 58.4 Å². The van der Waals surface area contributed by atoms with Crippen molar-refractivity contribution in [2.45, 2.75) is 12.8 Å². The summed E-state index contributed by atoms with van der Waals surface area (Å²) in [4.78, 5) is 28.0. The summed E-state index contributed by atoms with van der Waals surface area (Å²) < 4.78 is 10.0. The molecule has 0 spiro atoms. The summed E-state index contributed by atoms with van der Waals surface area (Å²) in [6.45, 7) is 5.09. The van der Waals surface area contributed by atoms with Gasteiger partial charge in [-0.2, -0.15) is 0 Å². The highest BCUT2D eigenvalue weighted by Gasteiger charge is 2.17. The summed E-state index contributed by atoms with van der Waals surface area (Å²) in [5.74, 6) is -0.335. The van der Waals surface area contributed by atoms with E-state index in [1.54, 1.807) is 29.2 Å². The fourth-order valence-corrected chi connectivity index (χ4v) is 2.91. The Labute approximate surface area is 159 Å². The number of hydrogen-bond acceptors (Lipinski definition) is 5. The van der Waals surface area contributed by atoms with E-state index in [-0.39, 0.29) is 18.4 Å². The number of nitrogens with one attached hydrogen (secondary N) is 1. The summed E-state index contributed by atoms with van der Waals surface area (Å²) in [5, 5.41) is 3.38. The minimum Gasteiger partial charge on any atom is -0.469 e. The number of nitrogens with zero attached hydrogens (tertiary/aromatic N) is 2. The number of ether oxygens (including phenoxy) is 2. The number of methoxy groups -OCH3 is 1. The number of carbonyl (C=O) groups is 2. The second kappa shape index (κ2) is 11.0. The molecule has 8 heteroatoms. The van der Waals surface area contributed by atoms with Crippen LogP contribution in [-0.4, -0.2) is 74.8 Å². The molecule has 0 bridgehead atoms. The van der Waals surface area contributed by atoms with Crippen molar-refractivity contribution >= 4 is 29.3 Å². The van der Waals surface area contributed by atoms with Gasteiger partial charge < -0.3 is 19.7 Å². The van der Waals surface area contributed by atoms with Gasteiger partial charge in [-0.15, -0.1) is 0 Å². The second-order valence-corrected chi connectivity index (χ2v) is 6.50. The first-order chi connectivity index (χ1) is 12.6. The summed E-state index contributed by atoms with van der Waals surface area (Å²) in [5.41, 5.74) is 0.624. The molecule has 1 saturated heterocycles. The van der Waals surface area contributed by atoms with E-state index in [2.05, 4.69) is 15.0 Å². The molecule has 0 aliphatic carbocycles. The van der Waals surface area contributed by atoms with Gasteiger partial charge in [0.15, 0.2) is 0 Å². The molecule has 0 atom stereocenters. The molecule has 2 rings (SSSR count). The maximum absolute atomic E-state index is 12.6. The molecule has 1 aliphatic heterocycles. The summed E-state index contributed by atoms with van der Waals surface area (Å²) >= 11 is 5.96. The Kier molecular flexibility index (Phi) is 8.67. The lowest BCUT2D eigenvalue weighted by Gasteiger charge is -2.28. The van der Waals surface area contributed by atoms with Crippen LogP contribution >= 0.6 is 11.6 Å². The Hall–Kier alpha value is -1.83. The van der Waals surface area contributed by atoms with Crippen LogP contribution in [0.1, 0.15) is 12.8 Å². The maximum atomic E-state index is 12.6. The predicted octanol–water partition coefficient (Wildman–Crippen LogP) is 2.46. The lowest BCUT2D eigenvalue weighted by Crippen LogP contribution is -2.41. The zero-order chi connectivity index (χ0) is 18.8. The van der Waals surface area contributed by atoms with Gasteiger partial charge in [-0.05, 0) is 24.6 Å². The lowest BCUT2D eigenvalue weighted by molar-refractivity contribution is -0.140. The highest BCUT2D eigenvalue weighted by molar-refractivity contribution is 6.30. The standard InChI is InChI=1S/C18H26ClN3O4/c1-25-17(23)6-9-22(8-3-7-21-10-12-26-13-11-21)18(24)20-16-5-2-4-15(19)14-16/h2,4-5,14H,3,6-13H2,1H3,(H,20,24). The first kappa shape index (κ1) is 20.5. The Morgan fingerprint density at radius 2 is 2.08 bits per heavy atom. The van der Waals surface area contributed by atoms with E-state index in [1.165, 1.54) is 7.11 Å². The molecule has 0 radical (unpaired) electrons. The highest BCUT2D eigenvalue weighted by atomic mass is 35.5. The van der Waals surface area contributed by atoms with Crippen LogP contribution in [-0.2, 0) is 14.3 Å². The van der Waals surface area contributed by atoms with Gasteiger partial charge in [0.25, 0.3) is 0 Å². The number of hydrogen-bond donors (Lipinski definition) is 1. The topological polar surface area (TPSA) is 71.1 Å². The molecule has 1 aromatic rings. The number of esters is 1. The fraction of sp³-hybridized carbons (Fsp3) is 0.556. The SMILES string of the molecule is COC(=O)CCN(CCCN1CCOCC1)C(=O)Nc1cccc(Cl)c1. The molecule has 1 fully saturated rings. The predicted molar refractivity (Wildman–Crippen MR) is 101 cm³/mol. The first-order valence-corrected chi connectivity index (χ1v) is 9.14. The number of urea groups is 1. The van der Waals surface area contributed by atoms with E-state index >= 15 is 0 Å². The van der Waals surface area contributed by atoms with E-state index in [0.29, 0.717) is 23.8 Å². The average Bonchev–Trinajstić information content (AvgIpc) is 2.65. The van der Waals surface area contributed by atoms with Crippen LogP contribution in [0.2, 0.25) is 5.02 Å². The molecule has 2 amide bonds. The van der Waals surface area contributed by atoms with Crippen molar-refractivity contribution in [2.24, 2.45) is 0 Å². The number of anilines is 1. The van der Waals surface area contributed by atoms with Crippen molar-refractivity contribution in [1.82, 2.24) is 9.80 Å². The van der Waals surface area contributed by atoms with Gasteiger partial charge >= 0.3 is 12.0 Å². The van der Waals surface area contributed by atoms with E-state index < -0.39 is 0 Å². The molecular formula is C18H26ClN3O4. The Balaban J connectivity index is 1.88. The van der Waals surface area contributed by atoms with Crippen LogP contribution in [0.25, 0.3) is 0 Å². The Morgan fingerprint density at radius 1 is 1.31 bits per heavy atom. The largest absolute Gasteiger partial charge is 0.469 e. The smallest absolute Gasteiger partial charge is 0.321 e. The Morgan fingerprint density at radius 3 is 2.77 bits per heavy atom. The normalized spacial score (nSPS) is 14.7. The molecule has 1 aromatic carbocycles. The monoisotopic (exact) mass is 383 g/mol. The molecule has 144 valence electrons. The molecule has 1 heterocycles. The van der Waals surface area contributed by atoms with Gasteiger partial charge in [0.1, 0.15) is 0 Å². The summed E-state index contributed by atoms with van der Waals surface area (Å²) in [7, 11) is 1.34. The maximum Gasteiger partial charge on any atom is 0.321 e. The van der Waals surface area contributed by atoms with Gasteiger partial charge in [0.05, 0.1) is 26.7 Å². The third-order valence-electron chi connectivity index (χ3n) is 4.18. The molecule has 0 unspecified atom stereocenters. The van der Waals surface area contributed by atoms with Crippen molar-refractivity contribution in [3.05, 3.63) is 29.3 Å². The number of halogens is 1. The number of rotatable bonds is 8. The third-order valence-corrected chi connectivity index (χ3v) is 4.42. The molecule has 1 N–H and O–H groups in total. The van der Waals surface area contributed by atoms with Gasteiger partial charge in [-0.1, -0.05) is 17.7 Å². The average molecular weight is 384 g/mol. The number of morpholine rings is 1. The zero-order valence-electron chi connectivity index (χ0n) is 15.1. The zero-order valence-corrected chi connectivity index (χ0v) is 15.8. The van der Waals surface area contributed by atoms with E-state index in [9.17, 15) is 9.59 Å². The summed E-state index contributed by atoms with van der Waals surface area (Å²) in [6, 6.07) is 6.73. The van der Waals surface area contributed by atoms with Gasteiger partial charge in [0, 0.05) is 43.4 Å². The van der Waals surface area contributed by atoms with Crippen molar-refractivity contribution in [1.29, 1.82) is 0 Å². The van der Waals surface area contributed by atoms with E-state index in [1.807, 2.05) is 0 Å². The molecule has 1 aliphatic rings. The molecule has 7 nitrogen and oxygen atoms in total. The summed E-state index contributed by atoms with van der Waals surface area (Å²) in [6.07, 6.45) is 0.987. The number of amides is 2. The highest BCUT2D eigenvalue weighted by Crippen LogP contribution is 2.15. The number of benzene rings is 1. The lowest BCUT2D eigenvalue weighted by atomic mass is 10.3. The molecular weight excluding hydrogens is 358 g/mol. The van der Waals surface area contributed by atoms with Crippen molar-refractivity contribution in [3.8, 4) is 0 Å². The van der Waals surface area contributed by atoms with Gasteiger partial charge in [-0.25, -0.2) is 4.79 Å². The fourth-order valence-electron chi connectivity index (χ4n) is 2.72. The van der Waals surface area contributed by atoms with Crippen LogP contribution in [0.3, 0.4) is 0 Å². The molecule has 26 heavy (non-hydrogen) atoms. The molecule has 0 aromatic heterocycles. The van der Waals surface area contributed by atoms with E-state index in [4.69, 9.17) is 16.3 Å². The quantitative estimate of drug-likeness (QED) is 0.698. The number of carbonyl (C=O) groups excluding carboxylic acids is 2.